The fourth-order valence-electron chi connectivity index (χ4n) is 4.25. The summed E-state index contributed by atoms with van der Waals surface area (Å²) in [5.41, 5.74) is 0. The zero-order valence-corrected chi connectivity index (χ0v) is 19.7. The number of hydrogen-bond acceptors (Lipinski definition) is 6. The second-order valence-electron chi connectivity index (χ2n) is 8.51. The van der Waals surface area contributed by atoms with Crippen LogP contribution in [0.4, 0.5) is 0 Å². The summed E-state index contributed by atoms with van der Waals surface area (Å²) in [6.07, 6.45) is 5.73. The number of benzene rings is 1. The van der Waals surface area contributed by atoms with E-state index in [1.165, 1.54) is 22.9 Å². The lowest BCUT2D eigenvalue weighted by atomic mass is 9.95. The molecular formula is C23H34N2O6S. The van der Waals surface area contributed by atoms with Crippen molar-refractivity contribution >= 4 is 21.9 Å². The van der Waals surface area contributed by atoms with Crippen molar-refractivity contribution in [3.05, 3.63) is 24.3 Å². The first kappa shape index (κ1) is 24.5. The molecule has 1 aromatic rings. The van der Waals surface area contributed by atoms with Gasteiger partial charge in [-0.2, -0.15) is 4.31 Å². The molecule has 178 valence electrons. The van der Waals surface area contributed by atoms with Crippen molar-refractivity contribution in [2.45, 2.75) is 75.8 Å². The molecule has 0 radical (unpaired) electrons. The van der Waals surface area contributed by atoms with E-state index in [0.717, 1.165) is 25.7 Å². The predicted octanol–water partition coefficient (Wildman–Crippen LogP) is 2.87. The van der Waals surface area contributed by atoms with Crippen molar-refractivity contribution in [3.63, 3.8) is 0 Å². The monoisotopic (exact) mass is 466 g/mol. The molecule has 0 spiro atoms. The molecule has 1 aliphatic carbocycles. The van der Waals surface area contributed by atoms with E-state index in [4.69, 9.17) is 9.47 Å². The zero-order valence-electron chi connectivity index (χ0n) is 18.9. The van der Waals surface area contributed by atoms with E-state index in [0.29, 0.717) is 25.2 Å². The quantitative estimate of drug-likeness (QED) is 0.591. The van der Waals surface area contributed by atoms with Gasteiger partial charge in [0.2, 0.25) is 10.0 Å². The number of rotatable bonds is 8. The SMILES string of the molecule is CCOC(=O)C1CCN(S(=O)(=O)c2ccc(O[C@H](C)C(=O)NC3CCCCC3)cc2)CC1. The van der Waals surface area contributed by atoms with E-state index >= 15 is 0 Å². The van der Waals surface area contributed by atoms with Crippen molar-refractivity contribution in [1.82, 2.24) is 9.62 Å². The summed E-state index contributed by atoms with van der Waals surface area (Å²) >= 11 is 0. The van der Waals surface area contributed by atoms with Crippen LogP contribution < -0.4 is 10.1 Å². The van der Waals surface area contributed by atoms with Crippen molar-refractivity contribution in [2.24, 2.45) is 5.92 Å². The van der Waals surface area contributed by atoms with Crippen LogP contribution in [-0.4, -0.2) is 56.4 Å². The first-order valence-electron chi connectivity index (χ1n) is 11.5. The Morgan fingerprint density at radius 2 is 1.69 bits per heavy atom. The summed E-state index contributed by atoms with van der Waals surface area (Å²) in [5.74, 6) is -0.222. The van der Waals surface area contributed by atoms with Crippen LogP contribution in [-0.2, 0) is 24.3 Å². The Bertz CT molecular complexity index is 872. The lowest BCUT2D eigenvalue weighted by molar-refractivity contribution is -0.149. The van der Waals surface area contributed by atoms with E-state index in [-0.39, 0.29) is 41.8 Å². The van der Waals surface area contributed by atoms with Crippen LogP contribution in [0, 0.1) is 5.92 Å². The molecule has 32 heavy (non-hydrogen) atoms. The molecule has 0 bridgehead atoms. The van der Waals surface area contributed by atoms with Gasteiger partial charge in [0.05, 0.1) is 17.4 Å². The molecule has 1 N–H and O–H groups in total. The minimum atomic E-state index is -3.66. The number of piperidine rings is 1. The standard InChI is InChI=1S/C23H34N2O6S/c1-3-30-23(27)18-13-15-25(16-14-18)32(28,29)21-11-9-20(10-12-21)31-17(2)22(26)24-19-7-5-4-6-8-19/h9-12,17-19H,3-8,13-16H2,1-2H3,(H,24,26)/t17-/m1/s1. The third kappa shape index (κ3) is 6.22. The highest BCUT2D eigenvalue weighted by molar-refractivity contribution is 7.89. The van der Waals surface area contributed by atoms with Gasteiger partial charge >= 0.3 is 5.97 Å². The predicted molar refractivity (Wildman–Crippen MR) is 120 cm³/mol. The third-order valence-corrected chi connectivity index (χ3v) is 8.08. The maximum absolute atomic E-state index is 13.0. The molecule has 2 aliphatic rings. The molecule has 3 rings (SSSR count). The number of carbonyl (C=O) groups is 2. The molecule has 1 saturated heterocycles. The van der Waals surface area contributed by atoms with E-state index in [9.17, 15) is 18.0 Å². The Kier molecular flexibility index (Phi) is 8.53. The number of amides is 1. The van der Waals surface area contributed by atoms with Gasteiger partial charge in [0.1, 0.15) is 5.75 Å². The van der Waals surface area contributed by atoms with Crippen molar-refractivity contribution in [1.29, 1.82) is 0 Å². The van der Waals surface area contributed by atoms with Crippen LogP contribution >= 0.6 is 0 Å². The zero-order chi connectivity index (χ0) is 23.1. The Morgan fingerprint density at radius 1 is 1.06 bits per heavy atom. The number of ether oxygens (including phenoxy) is 2. The van der Waals surface area contributed by atoms with Crippen LogP contribution in [0.5, 0.6) is 5.75 Å². The van der Waals surface area contributed by atoms with Gasteiger partial charge in [-0.1, -0.05) is 19.3 Å². The summed E-state index contributed by atoms with van der Waals surface area (Å²) in [5, 5.41) is 3.04. The molecule has 1 aliphatic heterocycles. The first-order valence-corrected chi connectivity index (χ1v) is 13.0. The molecule has 1 saturated carbocycles. The number of nitrogens with zero attached hydrogens (tertiary/aromatic N) is 1. The van der Waals surface area contributed by atoms with Crippen LogP contribution in [0.1, 0.15) is 58.8 Å². The van der Waals surface area contributed by atoms with Crippen LogP contribution in [0.2, 0.25) is 0 Å². The van der Waals surface area contributed by atoms with Gasteiger partial charge < -0.3 is 14.8 Å². The van der Waals surface area contributed by atoms with Gasteiger partial charge in [0, 0.05) is 19.1 Å². The largest absolute Gasteiger partial charge is 0.481 e. The Hall–Kier alpha value is -2.13. The van der Waals surface area contributed by atoms with E-state index < -0.39 is 16.1 Å². The Morgan fingerprint density at radius 3 is 2.28 bits per heavy atom. The maximum Gasteiger partial charge on any atom is 0.309 e. The van der Waals surface area contributed by atoms with E-state index in [2.05, 4.69) is 5.32 Å². The second-order valence-corrected chi connectivity index (χ2v) is 10.4. The molecule has 9 heteroatoms. The van der Waals surface area contributed by atoms with Gasteiger partial charge in [-0.15, -0.1) is 0 Å². The van der Waals surface area contributed by atoms with Crippen LogP contribution in [0.25, 0.3) is 0 Å². The average Bonchev–Trinajstić information content (AvgIpc) is 2.80. The van der Waals surface area contributed by atoms with Crippen molar-refractivity contribution in [3.8, 4) is 5.75 Å². The first-order chi connectivity index (χ1) is 15.3. The molecule has 8 nitrogen and oxygen atoms in total. The summed E-state index contributed by atoms with van der Waals surface area (Å²) in [6, 6.07) is 6.34. The van der Waals surface area contributed by atoms with Gasteiger partial charge in [0.25, 0.3) is 5.91 Å². The average molecular weight is 467 g/mol. The fourth-order valence-corrected chi connectivity index (χ4v) is 5.72. The molecule has 1 amide bonds. The maximum atomic E-state index is 13.0. The molecule has 0 unspecified atom stereocenters. The molecule has 2 fully saturated rings. The molecule has 1 heterocycles. The summed E-state index contributed by atoms with van der Waals surface area (Å²) < 4.78 is 38.1. The second kappa shape index (κ2) is 11.1. The lowest BCUT2D eigenvalue weighted by Crippen LogP contribution is -2.43. The minimum Gasteiger partial charge on any atom is -0.481 e. The highest BCUT2D eigenvalue weighted by Gasteiger charge is 2.32. The Balaban J connectivity index is 1.54. The smallest absolute Gasteiger partial charge is 0.309 e. The topological polar surface area (TPSA) is 102 Å². The summed E-state index contributed by atoms with van der Waals surface area (Å²) in [4.78, 5) is 24.4. The highest BCUT2D eigenvalue weighted by Crippen LogP contribution is 2.26. The van der Waals surface area contributed by atoms with E-state index in [1.54, 1.807) is 26.0 Å². The van der Waals surface area contributed by atoms with Crippen molar-refractivity contribution in [2.75, 3.05) is 19.7 Å². The molecular weight excluding hydrogens is 432 g/mol. The normalized spacial score (nSPS) is 19.8. The van der Waals surface area contributed by atoms with Crippen LogP contribution in [0.3, 0.4) is 0 Å². The summed E-state index contributed by atoms with van der Waals surface area (Å²) in [7, 11) is -3.66. The highest BCUT2D eigenvalue weighted by atomic mass is 32.2. The van der Waals surface area contributed by atoms with Crippen LogP contribution in [0.15, 0.2) is 29.2 Å². The van der Waals surface area contributed by atoms with E-state index in [1.807, 2.05) is 0 Å². The summed E-state index contributed by atoms with van der Waals surface area (Å²) in [6.45, 7) is 4.34. The minimum absolute atomic E-state index is 0.155. The number of hydrogen-bond donors (Lipinski definition) is 1. The molecule has 1 atom stereocenters. The molecule has 0 aromatic heterocycles. The van der Waals surface area contributed by atoms with Gasteiger partial charge in [-0.05, 0) is 63.8 Å². The van der Waals surface area contributed by atoms with Gasteiger partial charge in [0.15, 0.2) is 6.10 Å². The van der Waals surface area contributed by atoms with Gasteiger partial charge in [-0.25, -0.2) is 8.42 Å². The van der Waals surface area contributed by atoms with Crippen molar-refractivity contribution < 1.29 is 27.5 Å². The number of carbonyl (C=O) groups excluding carboxylic acids is 2. The third-order valence-electron chi connectivity index (χ3n) is 6.17. The fraction of sp³-hybridized carbons (Fsp3) is 0.652. The number of sulfonamides is 1. The number of nitrogens with one attached hydrogen (secondary N) is 1. The lowest BCUT2D eigenvalue weighted by Gasteiger charge is -2.30. The van der Waals surface area contributed by atoms with Gasteiger partial charge in [-0.3, -0.25) is 9.59 Å². The Labute approximate surface area is 190 Å². The number of esters is 1. The molecule has 1 aromatic carbocycles.